The summed E-state index contributed by atoms with van der Waals surface area (Å²) in [5.41, 5.74) is 6.31. The van der Waals surface area contributed by atoms with Crippen molar-refractivity contribution in [2.75, 3.05) is 5.32 Å². The normalized spacial score (nSPS) is 11.3. The first-order chi connectivity index (χ1) is 18.1. The second-order valence-corrected chi connectivity index (χ2v) is 8.76. The predicted molar refractivity (Wildman–Crippen MR) is 141 cm³/mol. The Bertz CT molecular complexity index is 1770. The molecule has 5 heterocycles. The van der Waals surface area contributed by atoms with Gasteiger partial charge in [-0.05, 0) is 30.7 Å². The third-order valence-electron chi connectivity index (χ3n) is 6.21. The molecule has 37 heavy (non-hydrogen) atoms. The van der Waals surface area contributed by atoms with Gasteiger partial charge in [-0.1, -0.05) is 25.1 Å². The van der Waals surface area contributed by atoms with Crippen molar-refractivity contribution >= 4 is 33.5 Å². The highest BCUT2D eigenvalue weighted by Crippen LogP contribution is 2.35. The third-order valence-corrected chi connectivity index (χ3v) is 6.21. The Labute approximate surface area is 211 Å². The Morgan fingerprint density at radius 1 is 0.946 bits per heavy atom. The number of pyridine rings is 3. The largest absolute Gasteiger partial charge is 0.352 e. The topological polar surface area (TPSA) is 112 Å². The van der Waals surface area contributed by atoms with Crippen molar-refractivity contribution in [2.24, 2.45) is 0 Å². The Morgan fingerprint density at radius 3 is 2.65 bits per heavy atom. The van der Waals surface area contributed by atoms with Crippen LogP contribution in [0.1, 0.15) is 19.8 Å². The van der Waals surface area contributed by atoms with Gasteiger partial charge in [-0.25, -0.2) is 9.37 Å². The molecule has 1 amide bonds. The molecule has 6 aromatic rings. The molecule has 0 unspecified atom stereocenters. The molecule has 5 aromatic heterocycles. The maximum atomic E-state index is 14.5. The molecule has 0 radical (unpaired) electrons. The number of halogens is 1. The summed E-state index contributed by atoms with van der Waals surface area (Å²) in [6, 6.07) is 12.5. The number of hydrogen-bond donors (Lipinski definition) is 3. The van der Waals surface area contributed by atoms with Crippen LogP contribution in [0, 0.1) is 5.82 Å². The number of rotatable bonds is 6. The lowest BCUT2D eigenvalue weighted by Gasteiger charge is -2.07. The number of nitrogens with zero attached hydrogens (tertiary/aromatic N) is 4. The molecule has 0 fully saturated rings. The molecule has 0 spiro atoms. The minimum absolute atomic E-state index is 0.0461. The van der Waals surface area contributed by atoms with E-state index in [0.717, 1.165) is 39.5 Å². The van der Waals surface area contributed by atoms with E-state index >= 15 is 0 Å². The number of anilines is 1. The van der Waals surface area contributed by atoms with Crippen LogP contribution < -0.4 is 5.32 Å². The Hall–Kier alpha value is -4.92. The smallest absolute Gasteiger partial charge is 0.224 e. The third kappa shape index (κ3) is 4.20. The molecule has 6 rings (SSSR count). The van der Waals surface area contributed by atoms with Crippen LogP contribution in [0.4, 0.5) is 10.1 Å². The first kappa shape index (κ1) is 22.5. The van der Waals surface area contributed by atoms with Crippen LogP contribution in [0.2, 0.25) is 0 Å². The molecule has 9 heteroatoms. The summed E-state index contributed by atoms with van der Waals surface area (Å²) in [5, 5.41) is 12.0. The number of H-pyrrole nitrogens is 2. The summed E-state index contributed by atoms with van der Waals surface area (Å²) in [5.74, 6) is -0.351. The van der Waals surface area contributed by atoms with Crippen molar-refractivity contribution in [3.05, 3.63) is 79.3 Å². The van der Waals surface area contributed by atoms with Crippen molar-refractivity contribution in [2.45, 2.75) is 19.8 Å². The van der Waals surface area contributed by atoms with Crippen LogP contribution in [0.3, 0.4) is 0 Å². The van der Waals surface area contributed by atoms with Gasteiger partial charge in [-0.15, -0.1) is 0 Å². The van der Waals surface area contributed by atoms with Crippen molar-refractivity contribution < 1.29 is 9.18 Å². The number of amides is 1. The van der Waals surface area contributed by atoms with E-state index in [1.807, 2.05) is 25.1 Å². The summed E-state index contributed by atoms with van der Waals surface area (Å²) >= 11 is 0. The molecular formula is C28H22FN7O. The maximum absolute atomic E-state index is 14.5. The first-order valence-electron chi connectivity index (χ1n) is 11.9. The van der Waals surface area contributed by atoms with E-state index in [1.54, 1.807) is 49.2 Å². The fraction of sp³-hybridized carbons (Fsp3) is 0.107. The van der Waals surface area contributed by atoms with Gasteiger partial charge in [-0.2, -0.15) is 5.10 Å². The quantitative estimate of drug-likeness (QED) is 0.260. The molecule has 0 aliphatic carbocycles. The molecule has 8 nitrogen and oxygen atoms in total. The Balaban J connectivity index is 1.41. The summed E-state index contributed by atoms with van der Waals surface area (Å²) in [6.07, 6.45) is 9.70. The van der Waals surface area contributed by atoms with Crippen molar-refractivity contribution in [3.63, 3.8) is 0 Å². The number of hydrogen-bond acceptors (Lipinski definition) is 5. The highest BCUT2D eigenvalue weighted by Gasteiger charge is 2.16. The molecule has 0 aliphatic rings. The zero-order valence-electron chi connectivity index (χ0n) is 19.9. The van der Waals surface area contributed by atoms with Gasteiger partial charge in [0.1, 0.15) is 11.5 Å². The van der Waals surface area contributed by atoms with E-state index in [4.69, 9.17) is 0 Å². The summed E-state index contributed by atoms with van der Waals surface area (Å²) in [4.78, 5) is 28.5. The van der Waals surface area contributed by atoms with Crippen LogP contribution in [0.15, 0.2) is 73.4 Å². The molecule has 0 saturated heterocycles. The van der Waals surface area contributed by atoms with Gasteiger partial charge in [0.2, 0.25) is 5.91 Å². The average Bonchev–Trinajstić information content (AvgIpc) is 3.53. The highest BCUT2D eigenvalue weighted by atomic mass is 19.1. The lowest BCUT2D eigenvalue weighted by Crippen LogP contribution is -2.10. The molecule has 182 valence electrons. The number of aromatic amines is 2. The monoisotopic (exact) mass is 491 g/mol. The molecular weight excluding hydrogens is 469 g/mol. The van der Waals surface area contributed by atoms with Gasteiger partial charge in [0.15, 0.2) is 5.65 Å². The van der Waals surface area contributed by atoms with E-state index < -0.39 is 0 Å². The lowest BCUT2D eigenvalue weighted by molar-refractivity contribution is -0.116. The van der Waals surface area contributed by atoms with Crippen molar-refractivity contribution in [3.8, 4) is 33.6 Å². The average molecular weight is 492 g/mol. The van der Waals surface area contributed by atoms with Gasteiger partial charge < -0.3 is 10.3 Å². The van der Waals surface area contributed by atoms with Crippen LogP contribution in [0.25, 0.3) is 55.6 Å². The van der Waals surface area contributed by atoms with E-state index in [1.165, 1.54) is 6.07 Å². The molecule has 0 bridgehead atoms. The van der Waals surface area contributed by atoms with E-state index in [-0.39, 0.29) is 11.7 Å². The summed E-state index contributed by atoms with van der Waals surface area (Å²) in [6.45, 7) is 1.96. The number of fused-ring (bicyclic) bond motifs is 2. The lowest BCUT2D eigenvalue weighted by atomic mass is 10.0. The second kappa shape index (κ2) is 9.27. The van der Waals surface area contributed by atoms with E-state index in [9.17, 15) is 9.18 Å². The number of aromatic nitrogens is 6. The fourth-order valence-electron chi connectivity index (χ4n) is 4.46. The Morgan fingerprint density at radius 2 is 1.78 bits per heavy atom. The minimum atomic E-state index is -0.305. The number of carbonyl (C=O) groups is 1. The zero-order valence-corrected chi connectivity index (χ0v) is 19.9. The van der Waals surface area contributed by atoms with Crippen LogP contribution in [-0.2, 0) is 4.79 Å². The van der Waals surface area contributed by atoms with Gasteiger partial charge in [-0.3, -0.25) is 19.9 Å². The molecule has 0 saturated carbocycles. The molecule has 1 aromatic carbocycles. The molecule has 0 aliphatic heterocycles. The van der Waals surface area contributed by atoms with Crippen LogP contribution in [-0.4, -0.2) is 36.0 Å². The molecule has 0 atom stereocenters. The number of nitrogens with one attached hydrogen (secondary N) is 3. The number of carbonyl (C=O) groups excluding carboxylic acids is 1. The Kier molecular flexibility index (Phi) is 5.65. The maximum Gasteiger partial charge on any atom is 0.224 e. The van der Waals surface area contributed by atoms with Crippen molar-refractivity contribution in [1.29, 1.82) is 0 Å². The number of benzene rings is 1. The van der Waals surface area contributed by atoms with E-state index in [0.29, 0.717) is 34.6 Å². The second-order valence-electron chi connectivity index (χ2n) is 8.76. The van der Waals surface area contributed by atoms with Gasteiger partial charge in [0, 0.05) is 58.0 Å². The van der Waals surface area contributed by atoms with Gasteiger partial charge in [0.25, 0.3) is 0 Å². The molecule has 3 N–H and O–H groups in total. The van der Waals surface area contributed by atoms with E-state index in [2.05, 4.69) is 35.5 Å². The first-order valence-corrected chi connectivity index (χ1v) is 11.9. The predicted octanol–water partition coefficient (Wildman–Crippen LogP) is 6.11. The summed E-state index contributed by atoms with van der Waals surface area (Å²) in [7, 11) is 0. The summed E-state index contributed by atoms with van der Waals surface area (Å²) < 4.78 is 14.5. The minimum Gasteiger partial charge on any atom is -0.352 e. The van der Waals surface area contributed by atoms with Crippen molar-refractivity contribution in [1.82, 2.24) is 30.1 Å². The SMILES string of the molecule is CCCC(=O)Nc1cncc(-c2cnc3[nH]nc(-c4cc5c(-c6ccccc6F)cncc5[nH]4)c3c2)c1. The van der Waals surface area contributed by atoms with Gasteiger partial charge >= 0.3 is 0 Å². The van der Waals surface area contributed by atoms with Crippen LogP contribution >= 0.6 is 0 Å². The fourth-order valence-corrected chi connectivity index (χ4v) is 4.46. The standard InChI is InChI=1S/C28H22FN7O/c1-2-5-26(37)33-18-8-16(11-30-13-18)17-9-21-27(35-36-28(21)32-12-17)24-10-20-22(14-31-15-25(20)34-24)19-6-3-4-7-23(19)29/h3-4,6-15,34H,2,5H2,1H3,(H,33,37)(H,32,35,36). The van der Waals surface area contributed by atoms with Crippen LogP contribution in [0.5, 0.6) is 0 Å². The zero-order chi connectivity index (χ0) is 25.4. The van der Waals surface area contributed by atoms with Gasteiger partial charge in [0.05, 0.1) is 29.3 Å². The highest BCUT2D eigenvalue weighted by molar-refractivity contribution is 6.00.